The number of nitrogens with zero attached hydrogens (tertiary/aromatic N) is 45. The molecular formula is C74H75N51O13. The van der Waals surface area contributed by atoms with Crippen LogP contribution in [0.15, 0.2) is 105 Å². The number of aldehydes is 1. The van der Waals surface area contributed by atoms with Crippen LogP contribution in [0, 0.1) is 66.4 Å². The molecule has 15 aromatic rings. The van der Waals surface area contributed by atoms with Crippen molar-refractivity contribution in [3.05, 3.63) is 134 Å². The summed E-state index contributed by atoms with van der Waals surface area (Å²) in [5, 5.41) is 121. The molecule has 0 amide bonds. The van der Waals surface area contributed by atoms with Gasteiger partial charge in [-0.25, -0.2) is 66.6 Å². The highest BCUT2D eigenvalue weighted by atomic mass is 16.5. The van der Waals surface area contributed by atoms with Gasteiger partial charge in [0.2, 0.25) is 11.5 Å². The SMILES string of the molecule is COC(=O)c1cnn(C)c1N=Nc1c(C)nn(-c2nc(O)nc(-n3nc(C)c(N=Nc4c(C(=O)OC)cnn4C)c3N)n2)c1N.COC(=O)c1cnn(C)c1N=Nc1c(C)nn(-c2ncnc(-n3nc(C)c(N=Nc4c(C(=O)OC)cnn4C)c3N)n2)c1N.[C-]#[N+]c1c(-n2nc(C)c(N=Nc3c(C(=O)OC)cnn3C)c2N)nc(-n2nc(C)c(N=Nc3c(C(=O)C=O)cnn3C)c2N)c(C#N)c1C. The van der Waals surface area contributed by atoms with Gasteiger partial charge in [-0.3, -0.25) is 9.59 Å². The number of esters is 5. The first kappa shape index (κ1) is 95.2. The van der Waals surface area contributed by atoms with Crippen LogP contribution in [0.25, 0.3) is 40.3 Å². The number of aromatic nitrogens is 31. The van der Waals surface area contributed by atoms with E-state index in [0.29, 0.717) is 28.5 Å². The van der Waals surface area contributed by atoms with Crippen LogP contribution in [0.3, 0.4) is 0 Å². The second-order valence-corrected chi connectivity index (χ2v) is 28.2. The number of nitriles is 1. The fraction of sp³-hybridized carbons (Fsp3) is 0.243. The molecule has 0 bridgehead atoms. The molecule has 138 heavy (non-hydrogen) atoms. The van der Waals surface area contributed by atoms with Gasteiger partial charge in [0.05, 0.1) is 125 Å². The van der Waals surface area contributed by atoms with E-state index in [1.807, 2.05) is 0 Å². The summed E-state index contributed by atoms with van der Waals surface area (Å²) in [7, 11) is 15.6. The van der Waals surface area contributed by atoms with Crippen LogP contribution in [0.4, 0.5) is 110 Å². The third-order valence-corrected chi connectivity index (χ3v) is 19.6. The van der Waals surface area contributed by atoms with Gasteiger partial charge in [0.25, 0.3) is 23.8 Å². The third kappa shape index (κ3) is 18.1. The lowest BCUT2D eigenvalue weighted by molar-refractivity contribution is -0.104. The first-order chi connectivity index (χ1) is 65.9. The molecule has 0 unspecified atom stereocenters. The Morgan fingerprint density at radius 3 is 0.870 bits per heavy atom. The topological polar surface area (TPSA) is 823 Å². The number of Topliss-reactive ketones (excluding diaryl/α,β-unsaturated/α-hetero) is 1. The molecule has 0 aromatic carbocycles. The number of ketones is 1. The maximum Gasteiger partial charge on any atom is 0.343 e. The van der Waals surface area contributed by atoms with Crippen molar-refractivity contribution >= 4 is 152 Å². The summed E-state index contributed by atoms with van der Waals surface area (Å²) in [6, 6.07) is 1.36. The number of azo groups is 6. The number of ether oxygens (including phenoxy) is 5. The number of rotatable bonds is 25. The number of methoxy groups -OCH3 is 5. The molecule has 704 valence electrons. The largest absolute Gasteiger partial charge is 0.479 e. The van der Waals surface area contributed by atoms with Gasteiger partial charge in [-0.2, -0.15) is 120 Å². The van der Waals surface area contributed by atoms with Crippen LogP contribution in [0.2, 0.25) is 0 Å². The maximum absolute atomic E-state index is 12.2. The monoisotopic (exact) mass is 1890 g/mol. The Kier molecular flexibility index (Phi) is 26.9. The highest BCUT2D eigenvalue weighted by Gasteiger charge is 2.32. The van der Waals surface area contributed by atoms with E-state index in [-0.39, 0.29) is 202 Å². The molecule has 15 aromatic heterocycles. The number of nitrogen functional groups attached to an aromatic ring is 6. The van der Waals surface area contributed by atoms with Gasteiger partial charge in [0.15, 0.2) is 122 Å². The molecule has 0 aliphatic carbocycles. The molecule has 15 rings (SSSR count). The number of hydrogen-bond donors (Lipinski definition) is 7. The smallest absolute Gasteiger partial charge is 0.343 e. The van der Waals surface area contributed by atoms with Crippen LogP contribution in [0.1, 0.15) is 107 Å². The molecule has 64 heteroatoms. The fourth-order valence-corrected chi connectivity index (χ4v) is 12.5. The number of aromatic hydroxyl groups is 1. The molecule has 15 heterocycles. The fourth-order valence-electron chi connectivity index (χ4n) is 12.5. The van der Waals surface area contributed by atoms with E-state index >= 15 is 0 Å². The summed E-state index contributed by atoms with van der Waals surface area (Å²) in [5.74, 6) is -4.01. The Bertz CT molecular complexity index is 7450. The Morgan fingerprint density at radius 2 is 0.609 bits per heavy atom. The standard InChI is InChI=1S/C28H25N17O4.C23H25N17O5.C23H25N17O4/c1-12-15(8-29)24(44-22(30)20(13(2)40-44)36-38-25-16(18(47)11-46)9-33-42(25)5)35-27(19(12)32-4)45-23(31)21(14(3)41-45)37-39-26-17(28(48)49-7)10-34-43(26)6;1-9-13(31-33-17-11(19(41)44-5)7-26-37(17)3)15(24)39(35-9)21-28-22(30-23(43)29-21)40-16(25)14(10(2)36-40)32-34-18-12(20(42)45-6)8-27-38(18)4;1-10-14(31-33-18-12(20(41)43-5)7-28-37(18)3)16(24)39(35-10)22-26-9-27-23(30-22)40-17(25)15(11(2)36-40)32-34-19-13(21(42)44-6)8-29-38(19)4/h9-11H,30-31H2,1-3,5-7H3;7-8H,24-25H2,1-6H3,(H,28,29,30,43);7-9H,24-25H2,1-6H3. The Morgan fingerprint density at radius 1 is 0.370 bits per heavy atom. The van der Waals surface area contributed by atoms with Crippen molar-refractivity contribution in [2.75, 3.05) is 70.0 Å². The van der Waals surface area contributed by atoms with Gasteiger partial charge in [0.1, 0.15) is 40.2 Å². The van der Waals surface area contributed by atoms with Crippen molar-refractivity contribution in [3.8, 4) is 47.5 Å². The number of pyridine rings is 1. The van der Waals surface area contributed by atoms with Crippen molar-refractivity contribution < 1.29 is 62.4 Å². The normalized spacial score (nSPS) is 11.5. The summed E-state index contributed by atoms with van der Waals surface area (Å²) < 4.78 is 38.8. The van der Waals surface area contributed by atoms with Crippen molar-refractivity contribution in [1.29, 1.82) is 5.26 Å². The van der Waals surface area contributed by atoms with Crippen molar-refractivity contribution in [2.24, 2.45) is 104 Å². The Balaban J connectivity index is 0.000000175. The van der Waals surface area contributed by atoms with Gasteiger partial charge in [-0.15, -0.1) is 61.4 Å². The molecule has 0 aliphatic heterocycles. The van der Waals surface area contributed by atoms with Crippen LogP contribution < -0.4 is 34.4 Å². The highest BCUT2D eigenvalue weighted by Crippen LogP contribution is 2.42. The molecule has 0 saturated heterocycles. The zero-order valence-electron chi connectivity index (χ0n) is 75.6. The quantitative estimate of drug-likeness (QED) is 0.00580. The van der Waals surface area contributed by atoms with E-state index in [2.05, 4.69) is 168 Å². The zero-order chi connectivity index (χ0) is 100. The molecule has 0 fully saturated rings. The Labute approximate surface area is 771 Å². The van der Waals surface area contributed by atoms with Crippen molar-refractivity contribution in [1.82, 2.24) is 152 Å². The van der Waals surface area contributed by atoms with E-state index in [0.717, 1.165) is 14.0 Å². The molecule has 0 radical (unpaired) electrons. The lowest BCUT2D eigenvalue weighted by atomic mass is 10.1. The molecule has 64 nitrogen and oxygen atoms in total. The average molecular weight is 1890 g/mol. The summed E-state index contributed by atoms with van der Waals surface area (Å²) in [6.45, 7) is 19.1. The van der Waals surface area contributed by atoms with Crippen LogP contribution in [0.5, 0.6) is 6.01 Å². The van der Waals surface area contributed by atoms with E-state index < -0.39 is 41.6 Å². The van der Waals surface area contributed by atoms with Gasteiger partial charge in [0, 0.05) is 42.3 Å². The van der Waals surface area contributed by atoms with E-state index in [1.165, 1.54) is 128 Å². The van der Waals surface area contributed by atoms with Gasteiger partial charge >= 0.3 is 35.9 Å². The van der Waals surface area contributed by atoms with Crippen LogP contribution in [-0.4, -0.2) is 235 Å². The van der Waals surface area contributed by atoms with E-state index in [1.54, 1.807) is 83.7 Å². The summed E-state index contributed by atoms with van der Waals surface area (Å²) in [5.41, 5.74) is 41.7. The van der Waals surface area contributed by atoms with Gasteiger partial charge in [-0.1, -0.05) is 0 Å². The van der Waals surface area contributed by atoms with Gasteiger partial charge < -0.3 is 63.2 Å². The number of nitrogens with two attached hydrogens (primary N) is 6. The molecule has 0 saturated carbocycles. The first-order valence-corrected chi connectivity index (χ1v) is 39.0. The van der Waals surface area contributed by atoms with Crippen molar-refractivity contribution in [3.63, 3.8) is 0 Å². The summed E-state index contributed by atoms with van der Waals surface area (Å²) >= 11 is 0. The molecule has 0 aliphatic rings. The van der Waals surface area contributed by atoms with Gasteiger partial charge in [-0.05, 0) is 54.0 Å². The van der Waals surface area contributed by atoms with Crippen LogP contribution >= 0.6 is 0 Å². The number of carbonyl (C=O) groups excluding carboxylic acids is 7. The number of aryl methyl sites for hydroxylation is 12. The second-order valence-electron chi connectivity index (χ2n) is 28.2. The minimum absolute atomic E-state index is 0.00132. The second kappa shape index (κ2) is 39.1. The summed E-state index contributed by atoms with van der Waals surface area (Å²) in [4.78, 5) is 116. The molecule has 13 N–H and O–H groups in total. The third-order valence-electron chi connectivity index (χ3n) is 19.6. The highest BCUT2D eigenvalue weighted by molar-refractivity contribution is 6.34. The maximum atomic E-state index is 12.2. The minimum Gasteiger partial charge on any atom is -0.479 e. The Hall–Kier alpha value is -20.4. The molecule has 0 atom stereocenters. The number of hydrogen-bond acceptors (Lipinski definition) is 51. The predicted molar refractivity (Wildman–Crippen MR) is 470 cm³/mol. The average Bonchev–Trinajstić information content (AvgIpc) is 1.57. The first-order valence-electron chi connectivity index (χ1n) is 39.0. The molecule has 0 spiro atoms. The number of carbonyl (C=O) groups is 7. The van der Waals surface area contributed by atoms with E-state index in [9.17, 15) is 43.9 Å². The lowest BCUT2D eigenvalue weighted by Crippen LogP contribution is -2.13. The number of anilines is 6. The molecular weight excluding hydrogens is 1810 g/mol. The minimum atomic E-state index is -0.839. The zero-order valence-corrected chi connectivity index (χ0v) is 75.6. The van der Waals surface area contributed by atoms with Crippen LogP contribution in [-0.2, 0) is 70.8 Å². The lowest BCUT2D eigenvalue weighted by Gasteiger charge is -2.14. The summed E-state index contributed by atoms with van der Waals surface area (Å²) in [6.07, 6.45) is 9.06. The predicted octanol–water partition coefficient (Wildman–Crippen LogP) is 6.93. The van der Waals surface area contributed by atoms with Crippen molar-refractivity contribution in [2.45, 2.75) is 48.5 Å². The van der Waals surface area contributed by atoms with E-state index in [4.69, 9.17) is 64.7 Å².